The molecule has 10 heteroatoms. The molecule has 29 heavy (non-hydrogen) atoms. The molecule has 2 heterocycles. The van der Waals surface area contributed by atoms with Gasteiger partial charge in [-0.05, 0) is 38.1 Å². The average molecular weight is 402 g/mol. The summed E-state index contributed by atoms with van der Waals surface area (Å²) in [5, 5.41) is 16.2. The number of hydrogen-bond acceptors (Lipinski definition) is 7. The predicted molar refractivity (Wildman–Crippen MR) is 102 cm³/mol. The highest BCUT2D eigenvalue weighted by Gasteiger charge is 2.24. The van der Waals surface area contributed by atoms with Crippen molar-refractivity contribution in [2.24, 2.45) is 0 Å². The molecular formula is C19H19FN4O5. The van der Waals surface area contributed by atoms with Crippen LogP contribution in [0.1, 0.15) is 21.7 Å². The molecule has 2 N–H and O–H groups in total. The van der Waals surface area contributed by atoms with E-state index in [2.05, 4.69) is 15.5 Å². The Labute approximate surface area is 164 Å². The van der Waals surface area contributed by atoms with Crippen LogP contribution < -0.4 is 15.7 Å². The second-order valence-corrected chi connectivity index (χ2v) is 6.29. The van der Waals surface area contributed by atoms with Gasteiger partial charge in [0.2, 0.25) is 0 Å². The van der Waals surface area contributed by atoms with Crippen molar-refractivity contribution in [2.45, 2.75) is 20.4 Å². The zero-order valence-electron chi connectivity index (χ0n) is 16.0. The summed E-state index contributed by atoms with van der Waals surface area (Å²) in [5.74, 6) is -1.94. The van der Waals surface area contributed by atoms with Gasteiger partial charge in [-0.15, -0.1) is 0 Å². The molecule has 0 spiro atoms. The fourth-order valence-electron chi connectivity index (χ4n) is 2.94. The van der Waals surface area contributed by atoms with Gasteiger partial charge in [-0.25, -0.2) is 14.0 Å². The third kappa shape index (κ3) is 4.10. The van der Waals surface area contributed by atoms with Crippen molar-refractivity contribution >= 4 is 11.8 Å². The standard InChI is InChI=1S/C19H19FN4O5/c1-10-8-11(2)24(19(27)22-10)7-6-21-17-15(18(25)26)16(29-23-17)12-4-5-13(20)14(9-12)28-3/h4-5,8-9H,6-7H2,1-3H3,(H,21,23)(H,25,26). The van der Waals surface area contributed by atoms with Gasteiger partial charge < -0.3 is 19.7 Å². The van der Waals surface area contributed by atoms with E-state index in [0.29, 0.717) is 11.3 Å². The Balaban J connectivity index is 1.85. The van der Waals surface area contributed by atoms with Gasteiger partial charge in [-0.1, -0.05) is 5.16 Å². The molecule has 0 radical (unpaired) electrons. The molecule has 2 aromatic heterocycles. The van der Waals surface area contributed by atoms with Crippen molar-refractivity contribution in [1.82, 2.24) is 14.7 Å². The van der Waals surface area contributed by atoms with E-state index in [4.69, 9.17) is 9.26 Å². The number of aromatic carboxylic acids is 1. The second-order valence-electron chi connectivity index (χ2n) is 6.29. The predicted octanol–water partition coefficient (Wildman–Crippen LogP) is 2.47. The topological polar surface area (TPSA) is 119 Å². The molecule has 0 fully saturated rings. The minimum absolute atomic E-state index is 0.00145. The summed E-state index contributed by atoms with van der Waals surface area (Å²) in [7, 11) is 1.30. The van der Waals surface area contributed by atoms with E-state index in [1.54, 1.807) is 19.9 Å². The zero-order chi connectivity index (χ0) is 21.1. The highest BCUT2D eigenvalue weighted by Crippen LogP contribution is 2.32. The molecule has 0 aliphatic carbocycles. The Morgan fingerprint density at radius 2 is 2.10 bits per heavy atom. The van der Waals surface area contributed by atoms with Gasteiger partial charge in [0.15, 0.2) is 28.7 Å². The van der Waals surface area contributed by atoms with E-state index in [1.807, 2.05) is 0 Å². The SMILES string of the molecule is COc1cc(-c2onc(NCCn3c(C)cc(C)nc3=O)c2C(=O)O)ccc1F. The van der Waals surface area contributed by atoms with E-state index >= 15 is 0 Å². The maximum Gasteiger partial charge on any atom is 0.348 e. The molecule has 3 rings (SSSR count). The smallest absolute Gasteiger partial charge is 0.348 e. The van der Waals surface area contributed by atoms with Gasteiger partial charge in [0.25, 0.3) is 0 Å². The number of rotatable bonds is 7. The lowest BCUT2D eigenvalue weighted by Crippen LogP contribution is -2.28. The van der Waals surface area contributed by atoms with Crippen LogP contribution in [0.25, 0.3) is 11.3 Å². The molecule has 9 nitrogen and oxygen atoms in total. The van der Waals surface area contributed by atoms with Crippen molar-refractivity contribution in [3.63, 3.8) is 0 Å². The van der Waals surface area contributed by atoms with E-state index < -0.39 is 11.8 Å². The van der Waals surface area contributed by atoms with Crippen molar-refractivity contribution < 1.29 is 23.6 Å². The molecule has 152 valence electrons. The van der Waals surface area contributed by atoms with Crippen molar-refractivity contribution in [3.05, 3.63) is 57.5 Å². The summed E-state index contributed by atoms with van der Waals surface area (Å²) in [6.45, 7) is 3.99. The quantitative estimate of drug-likeness (QED) is 0.619. The number of benzene rings is 1. The molecule has 0 bridgehead atoms. The fraction of sp³-hybridized carbons (Fsp3) is 0.263. The number of carboxylic acids is 1. The number of anilines is 1. The van der Waals surface area contributed by atoms with Crippen LogP contribution in [0.4, 0.5) is 10.2 Å². The number of nitrogens with one attached hydrogen (secondary N) is 1. The molecule has 0 saturated heterocycles. The molecule has 3 aromatic rings. The number of halogens is 1. The van der Waals surface area contributed by atoms with Gasteiger partial charge in [0.05, 0.1) is 7.11 Å². The first-order valence-corrected chi connectivity index (χ1v) is 8.67. The second kappa shape index (κ2) is 8.13. The minimum Gasteiger partial charge on any atom is -0.494 e. The van der Waals surface area contributed by atoms with Crippen LogP contribution in [-0.4, -0.2) is 39.4 Å². The lowest BCUT2D eigenvalue weighted by Gasteiger charge is -2.10. The molecular weight excluding hydrogens is 383 g/mol. The summed E-state index contributed by atoms with van der Waals surface area (Å²) in [6, 6.07) is 5.62. The maximum atomic E-state index is 13.6. The molecule has 1 aromatic carbocycles. The number of carbonyl (C=O) groups is 1. The molecule has 0 saturated carbocycles. The summed E-state index contributed by atoms with van der Waals surface area (Å²) in [4.78, 5) is 27.7. The van der Waals surface area contributed by atoms with Crippen LogP contribution >= 0.6 is 0 Å². The summed E-state index contributed by atoms with van der Waals surface area (Å²) < 4.78 is 25.2. The Morgan fingerprint density at radius 3 is 2.76 bits per heavy atom. The first-order valence-electron chi connectivity index (χ1n) is 8.67. The Bertz CT molecular complexity index is 1120. The first kappa shape index (κ1) is 20.1. The number of aromatic nitrogens is 3. The van der Waals surface area contributed by atoms with Crippen molar-refractivity contribution in [2.75, 3.05) is 19.0 Å². The Morgan fingerprint density at radius 1 is 1.34 bits per heavy atom. The number of aryl methyl sites for hydroxylation is 2. The third-order valence-electron chi connectivity index (χ3n) is 4.29. The lowest BCUT2D eigenvalue weighted by atomic mass is 10.1. The maximum absolute atomic E-state index is 13.6. The molecule has 0 atom stereocenters. The van der Waals surface area contributed by atoms with Crippen LogP contribution in [-0.2, 0) is 6.54 Å². The van der Waals surface area contributed by atoms with Crippen molar-refractivity contribution in [1.29, 1.82) is 0 Å². The van der Waals surface area contributed by atoms with Gasteiger partial charge in [0.1, 0.15) is 0 Å². The van der Waals surface area contributed by atoms with E-state index in [0.717, 1.165) is 11.8 Å². The van der Waals surface area contributed by atoms with Crippen LogP contribution in [0, 0.1) is 19.7 Å². The monoisotopic (exact) mass is 402 g/mol. The number of hydrogen-bond donors (Lipinski definition) is 2. The zero-order valence-corrected chi connectivity index (χ0v) is 16.0. The molecule has 0 unspecified atom stereocenters. The summed E-state index contributed by atoms with van der Waals surface area (Å²) >= 11 is 0. The molecule has 0 aliphatic rings. The Kier molecular flexibility index (Phi) is 5.62. The normalized spacial score (nSPS) is 10.8. The largest absolute Gasteiger partial charge is 0.494 e. The van der Waals surface area contributed by atoms with Crippen LogP contribution in [0.15, 0.2) is 33.6 Å². The van der Waals surface area contributed by atoms with E-state index in [9.17, 15) is 19.1 Å². The van der Waals surface area contributed by atoms with Gasteiger partial charge in [-0.3, -0.25) is 4.57 Å². The highest BCUT2D eigenvalue weighted by molar-refractivity contribution is 5.99. The lowest BCUT2D eigenvalue weighted by molar-refractivity contribution is 0.0698. The van der Waals surface area contributed by atoms with Crippen LogP contribution in [0.5, 0.6) is 5.75 Å². The minimum atomic E-state index is -1.27. The van der Waals surface area contributed by atoms with Gasteiger partial charge in [-0.2, -0.15) is 4.98 Å². The first-order chi connectivity index (χ1) is 13.8. The van der Waals surface area contributed by atoms with Gasteiger partial charge in [0, 0.05) is 30.0 Å². The van der Waals surface area contributed by atoms with Crippen LogP contribution in [0.2, 0.25) is 0 Å². The fourth-order valence-corrected chi connectivity index (χ4v) is 2.94. The summed E-state index contributed by atoms with van der Waals surface area (Å²) in [5.41, 5.74) is 1.07. The third-order valence-corrected chi connectivity index (χ3v) is 4.29. The van der Waals surface area contributed by atoms with Crippen molar-refractivity contribution in [3.8, 4) is 17.1 Å². The number of methoxy groups -OCH3 is 1. The molecule has 0 aliphatic heterocycles. The Hall–Kier alpha value is -3.69. The number of carboxylic acid groups (broad SMARTS) is 1. The highest BCUT2D eigenvalue weighted by atomic mass is 19.1. The number of ether oxygens (including phenoxy) is 1. The van der Waals surface area contributed by atoms with Crippen LogP contribution in [0.3, 0.4) is 0 Å². The van der Waals surface area contributed by atoms with E-state index in [-0.39, 0.29) is 41.7 Å². The van der Waals surface area contributed by atoms with Gasteiger partial charge >= 0.3 is 11.7 Å². The average Bonchev–Trinajstić information content (AvgIpc) is 3.08. The summed E-state index contributed by atoms with van der Waals surface area (Å²) in [6.07, 6.45) is 0. The molecule has 0 amide bonds. The number of nitrogens with zero attached hydrogens (tertiary/aromatic N) is 3. The van der Waals surface area contributed by atoms with E-state index in [1.165, 1.54) is 23.8 Å².